The normalized spacial score (nSPS) is 36.2. The number of hydrogen-bond acceptors (Lipinski definition) is 1. The van der Waals surface area contributed by atoms with Crippen molar-refractivity contribution in [1.29, 1.82) is 0 Å². The van der Waals surface area contributed by atoms with Crippen LogP contribution in [0.5, 0.6) is 0 Å². The lowest BCUT2D eigenvalue weighted by atomic mass is 9.68. The zero-order valence-electron chi connectivity index (χ0n) is 13.0. The highest BCUT2D eigenvalue weighted by Crippen LogP contribution is 2.62. The summed E-state index contributed by atoms with van der Waals surface area (Å²) in [6, 6.07) is 7.68. The van der Waals surface area contributed by atoms with Gasteiger partial charge in [0.1, 0.15) is 5.82 Å². The minimum atomic E-state index is -0.0985. The van der Waals surface area contributed by atoms with Crippen molar-refractivity contribution in [3.05, 3.63) is 35.6 Å². The van der Waals surface area contributed by atoms with E-state index in [1.165, 1.54) is 19.3 Å². The van der Waals surface area contributed by atoms with E-state index in [1.807, 2.05) is 12.1 Å². The molecule has 4 atom stereocenters. The first kappa shape index (κ1) is 14.1. The van der Waals surface area contributed by atoms with Crippen LogP contribution in [0.3, 0.4) is 0 Å². The third kappa shape index (κ3) is 2.00. The van der Waals surface area contributed by atoms with E-state index in [2.05, 4.69) is 33.0 Å². The van der Waals surface area contributed by atoms with Gasteiger partial charge >= 0.3 is 0 Å². The molecule has 3 rings (SSSR count). The molecule has 0 radical (unpaired) electrons. The van der Waals surface area contributed by atoms with Crippen molar-refractivity contribution >= 4 is 0 Å². The van der Waals surface area contributed by atoms with Crippen LogP contribution in [0.4, 0.5) is 4.39 Å². The number of fused-ring (bicyclic) bond motifs is 2. The molecule has 0 amide bonds. The van der Waals surface area contributed by atoms with E-state index in [9.17, 15) is 4.39 Å². The minimum absolute atomic E-state index is 0.0663. The van der Waals surface area contributed by atoms with Gasteiger partial charge in [-0.15, -0.1) is 0 Å². The number of rotatable bonds is 3. The quantitative estimate of drug-likeness (QED) is 0.843. The van der Waals surface area contributed by atoms with Crippen molar-refractivity contribution in [1.82, 2.24) is 5.32 Å². The fourth-order valence-electron chi connectivity index (χ4n) is 4.88. The molecule has 1 aromatic carbocycles. The first-order valence-corrected chi connectivity index (χ1v) is 7.85. The number of hydrogen-bond donors (Lipinski definition) is 1. The fourth-order valence-corrected chi connectivity index (χ4v) is 4.88. The molecule has 2 fully saturated rings. The van der Waals surface area contributed by atoms with Crippen LogP contribution in [0.1, 0.15) is 58.6 Å². The predicted molar refractivity (Wildman–Crippen MR) is 81.0 cm³/mol. The largest absolute Gasteiger partial charge is 0.306 e. The Morgan fingerprint density at radius 2 is 1.95 bits per heavy atom. The van der Waals surface area contributed by atoms with Crippen molar-refractivity contribution < 1.29 is 4.39 Å². The summed E-state index contributed by atoms with van der Waals surface area (Å²) in [4.78, 5) is 0. The van der Waals surface area contributed by atoms with E-state index in [-0.39, 0.29) is 11.9 Å². The molecule has 0 aromatic heterocycles. The van der Waals surface area contributed by atoms with Gasteiger partial charge in [0.15, 0.2) is 0 Å². The predicted octanol–water partition coefficient (Wildman–Crippen LogP) is 4.69. The zero-order chi connectivity index (χ0) is 14.5. The molecule has 0 heterocycles. The van der Waals surface area contributed by atoms with Crippen molar-refractivity contribution in [2.75, 3.05) is 0 Å². The van der Waals surface area contributed by atoms with Crippen LogP contribution >= 0.6 is 0 Å². The highest BCUT2D eigenvalue weighted by molar-refractivity contribution is 5.22. The summed E-state index contributed by atoms with van der Waals surface area (Å²) in [5.74, 6) is 0.719. The van der Waals surface area contributed by atoms with Crippen LogP contribution < -0.4 is 5.32 Å². The topological polar surface area (TPSA) is 12.0 Å². The maximum absolute atomic E-state index is 13.9. The Hall–Kier alpha value is -0.890. The Kier molecular flexibility index (Phi) is 3.20. The Labute approximate surface area is 122 Å². The zero-order valence-corrected chi connectivity index (χ0v) is 13.0. The molecule has 2 bridgehead atoms. The summed E-state index contributed by atoms with van der Waals surface area (Å²) in [6.45, 7) is 9.26. The van der Waals surface area contributed by atoms with Gasteiger partial charge in [-0.2, -0.15) is 0 Å². The lowest BCUT2D eigenvalue weighted by Gasteiger charge is -2.44. The molecule has 2 unspecified atom stereocenters. The van der Waals surface area contributed by atoms with Crippen LogP contribution in [0.15, 0.2) is 24.3 Å². The van der Waals surface area contributed by atoms with Gasteiger partial charge in [0.2, 0.25) is 0 Å². The molecule has 0 aliphatic heterocycles. The van der Waals surface area contributed by atoms with Crippen molar-refractivity contribution in [3.8, 4) is 0 Å². The van der Waals surface area contributed by atoms with Crippen LogP contribution in [0.25, 0.3) is 0 Å². The number of benzene rings is 1. The molecular formula is C18H26FN. The van der Waals surface area contributed by atoms with Crippen LogP contribution in [-0.4, -0.2) is 6.04 Å². The van der Waals surface area contributed by atoms with Crippen molar-refractivity contribution in [3.63, 3.8) is 0 Å². The summed E-state index contributed by atoms with van der Waals surface area (Å²) in [5, 5.41) is 3.76. The van der Waals surface area contributed by atoms with Gasteiger partial charge < -0.3 is 5.32 Å². The molecule has 20 heavy (non-hydrogen) atoms. The molecule has 1 nitrogen and oxygen atoms in total. The number of halogens is 1. The van der Waals surface area contributed by atoms with E-state index >= 15 is 0 Å². The van der Waals surface area contributed by atoms with Gasteiger partial charge in [-0.05, 0) is 49.0 Å². The lowest BCUT2D eigenvalue weighted by molar-refractivity contribution is 0.0998. The second kappa shape index (κ2) is 4.56. The van der Waals surface area contributed by atoms with Gasteiger partial charge in [0, 0.05) is 17.6 Å². The average Bonchev–Trinajstić information content (AvgIpc) is 2.86. The Morgan fingerprint density at radius 1 is 1.25 bits per heavy atom. The highest BCUT2D eigenvalue weighted by atomic mass is 19.1. The minimum Gasteiger partial charge on any atom is -0.306 e. The van der Waals surface area contributed by atoms with Crippen molar-refractivity contribution in [2.24, 2.45) is 16.7 Å². The molecule has 1 N–H and O–H groups in total. The summed E-state index contributed by atoms with van der Waals surface area (Å²) in [7, 11) is 0. The van der Waals surface area contributed by atoms with Gasteiger partial charge in [-0.3, -0.25) is 0 Å². The first-order valence-electron chi connectivity index (χ1n) is 7.85. The van der Waals surface area contributed by atoms with Crippen LogP contribution in [0.2, 0.25) is 0 Å². The summed E-state index contributed by atoms with van der Waals surface area (Å²) in [5.41, 5.74) is 1.48. The van der Waals surface area contributed by atoms with E-state index in [4.69, 9.17) is 0 Å². The maximum Gasteiger partial charge on any atom is 0.127 e. The van der Waals surface area contributed by atoms with Crippen LogP contribution in [0, 0.1) is 22.6 Å². The van der Waals surface area contributed by atoms with Gasteiger partial charge in [-0.25, -0.2) is 4.39 Å². The van der Waals surface area contributed by atoms with E-state index in [0.717, 1.165) is 11.5 Å². The Morgan fingerprint density at radius 3 is 2.55 bits per heavy atom. The maximum atomic E-state index is 13.9. The molecule has 0 saturated heterocycles. The molecule has 110 valence electrons. The Bertz CT molecular complexity index is 505. The van der Waals surface area contributed by atoms with E-state index in [0.29, 0.717) is 16.9 Å². The second-order valence-electron chi connectivity index (χ2n) is 7.76. The van der Waals surface area contributed by atoms with Gasteiger partial charge in [-0.1, -0.05) is 39.0 Å². The molecule has 2 aliphatic rings. The molecule has 2 saturated carbocycles. The monoisotopic (exact) mass is 275 g/mol. The standard InChI is InChI=1S/C18H26FN/c1-12(14-7-5-6-8-15(14)19)20-16-17(2,3)13-9-10-18(16,4)11-13/h5-8,12-13,16,20H,9-11H2,1-4H3/t12?,13-,16?,18+/m0/s1. The smallest absolute Gasteiger partial charge is 0.127 e. The van der Waals surface area contributed by atoms with E-state index in [1.54, 1.807) is 12.1 Å². The second-order valence-corrected chi connectivity index (χ2v) is 7.76. The van der Waals surface area contributed by atoms with Gasteiger partial charge in [0.05, 0.1) is 0 Å². The summed E-state index contributed by atoms with van der Waals surface area (Å²) >= 11 is 0. The average molecular weight is 275 g/mol. The summed E-state index contributed by atoms with van der Waals surface area (Å²) < 4.78 is 13.9. The summed E-state index contributed by atoms with van der Waals surface area (Å²) in [6.07, 6.45) is 3.99. The van der Waals surface area contributed by atoms with Crippen LogP contribution in [-0.2, 0) is 0 Å². The molecular weight excluding hydrogens is 249 g/mol. The SMILES string of the molecule is CC(NC1C(C)(C)[C@H]2CC[C@]1(C)C2)c1ccccc1F. The highest BCUT2D eigenvalue weighted by Gasteiger charge is 2.59. The Balaban J connectivity index is 1.83. The number of nitrogens with one attached hydrogen (secondary N) is 1. The van der Waals surface area contributed by atoms with Gasteiger partial charge in [0.25, 0.3) is 0 Å². The molecule has 1 aromatic rings. The molecule has 2 heteroatoms. The molecule has 0 spiro atoms. The van der Waals surface area contributed by atoms with E-state index < -0.39 is 0 Å². The molecule has 2 aliphatic carbocycles. The third-order valence-corrected chi connectivity index (χ3v) is 6.06. The van der Waals surface area contributed by atoms with Crippen molar-refractivity contribution in [2.45, 2.75) is 59.0 Å². The lowest BCUT2D eigenvalue weighted by Crippen LogP contribution is -2.51. The first-order chi connectivity index (χ1) is 9.34. The third-order valence-electron chi connectivity index (χ3n) is 6.06. The fraction of sp³-hybridized carbons (Fsp3) is 0.667.